The number of hydrogen-bond donors (Lipinski definition) is 1. The minimum Gasteiger partial charge on any atom is -0.343 e. The molecule has 2 aliphatic rings. The van der Waals surface area contributed by atoms with Crippen LogP contribution in [0.5, 0.6) is 0 Å². The Morgan fingerprint density at radius 1 is 1.38 bits per heavy atom. The van der Waals surface area contributed by atoms with E-state index in [1.54, 1.807) is 0 Å². The number of aromatic nitrogens is 2. The Morgan fingerprint density at radius 3 is 2.62 bits per heavy atom. The van der Waals surface area contributed by atoms with Gasteiger partial charge in [-0.2, -0.15) is 4.37 Å². The number of piperazine rings is 1. The number of nitrogens with one attached hydrogen (secondary N) is 1. The molecule has 2 fully saturated rings. The highest BCUT2D eigenvalue weighted by molar-refractivity contribution is 7.09. The van der Waals surface area contributed by atoms with E-state index in [9.17, 15) is 4.79 Å². The van der Waals surface area contributed by atoms with Crippen molar-refractivity contribution in [3.8, 4) is 0 Å². The lowest BCUT2D eigenvalue weighted by atomic mass is 9.88. The quantitative estimate of drug-likeness (QED) is 0.883. The molecule has 1 amide bonds. The van der Waals surface area contributed by atoms with Crippen molar-refractivity contribution in [3.63, 3.8) is 0 Å². The number of nitrogens with zero attached hydrogens (tertiary/aromatic N) is 4. The van der Waals surface area contributed by atoms with Crippen molar-refractivity contribution in [2.24, 2.45) is 11.8 Å². The van der Waals surface area contributed by atoms with E-state index in [2.05, 4.69) is 33.4 Å². The molecule has 116 valence electrons. The molecule has 2 saturated heterocycles. The van der Waals surface area contributed by atoms with Gasteiger partial charge in [-0.1, -0.05) is 13.8 Å². The molecule has 1 aromatic rings. The van der Waals surface area contributed by atoms with Crippen LogP contribution in [0.4, 0.5) is 5.13 Å². The Morgan fingerprint density at radius 2 is 2.10 bits per heavy atom. The van der Waals surface area contributed by atoms with Gasteiger partial charge in [-0.05, 0) is 19.0 Å². The van der Waals surface area contributed by atoms with E-state index in [1.165, 1.54) is 11.5 Å². The van der Waals surface area contributed by atoms with Gasteiger partial charge < -0.3 is 15.1 Å². The smallest absolute Gasteiger partial charge is 0.225 e. The lowest BCUT2D eigenvalue weighted by Gasteiger charge is -2.39. The highest BCUT2D eigenvalue weighted by Crippen LogP contribution is 2.22. The van der Waals surface area contributed by atoms with Gasteiger partial charge in [-0.3, -0.25) is 4.79 Å². The first kappa shape index (κ1) is 14.7. The molecule has 0 spiro atoms. The van der Waals surface area contributed by atoms with E-state index in [4.69, 9.17) is 0 Å². The fraction of sp³-hybridized carbons (Fsp3) is 0.786. The summed E-state index contributed by atoms with van der Waals surface area (Å²) in [6, 6.07) is 0. The van der Waals surface area contributed by atoms with E-state index in [-0.39, 0.29) is 5.92 Å². The lowest BCUT2D eigenvalue weighted by Crippen LogP contribution is -2.54. The van der Waals surface area contributed by atoms with Gasteiger partial charge in [0.05, 0.1) is 0 Å². The molecule has 21 heavy (non-hydrogen) atoms. The normalized spacial score (nSPS) is 21.2. The molecule has 0 bridgehead atoms. The largest absolute Gasteiger partial charge is 0.343 e. The van der Waals surface area contributed by atoms with Crippen molar-refractivity contribution >= 4 is 22.6 Å². The topological polar surface area (TPSA) is 61.4 Å². The van der Waals surface area contributed by atoms with E-state index in [0.717, 1.165) is 56.6 Å². The molecule has 1 N–H and O–H groups in total. The van der Waals surface area contributed by atoms with Gasteiger partial charge >= 0.3 is 0 Å². The number of rotatable bonds is 4. The van der Waals surface area contributed by atoms with Crippen LogP contribution in [-0.2, 0) is 11.2 Å². The number of aryl methyl sites for hydroxylation is 1. The van der Waals surface area contributed by atoms with Crippen LogP contribution in [0.1, 0.15) is 19.7 Å². The van der Waals surface area contributed by atoms with Crippen LogP contribution < -0.4 is 10.2 Å². The number of amides is 1. The Balaban J connectivity index is 1.53. The van der Waals surface area contributed by atoms with Gasteiger partial charge in [0.1, 0.15) is 5.82 Å². The number of carbonyl (C=O) groups is 1. The molecule has 0 aromatic carbocycles. The Hall–Kier alpha value is -1.21. The highest BCUT2D eigenvalue weighted by Gasteiger charge is 2.33. The molecule has 1 aromatic heterocycles. The molecule has 7 heteroatoms. The highest BCUT2D eigenvalue weighted by atomic mass is 32.1. The van der Waals surface area contributed by atoms with Crippen LogP contribution in [0.2, 0.25) is 0 Å². The van der Waals surface area contributed by atoms with Crippen LogP contribution in [-0.4, -0.2) is 59.4 Å². The predicted octanol–water partition coefficient (Wildman–Crippen LogP) is 0.605. The average Bonchev–Trinajstić information content (AvgIpc) is 2.93. The molecule has 2 aliphatic heterocycles. The number of carbonyl (C=O) groups excluding carboxylic acids is 1. The summed E-state index contributed by atoms with van der Waals surface area (Å²) in [6.45, 7) is 9.42. The van der Waals surface area contributed by atoms with E-state index >= 15 is 0 Å². The molecule has 3 rings (SSSR count). The summed E-state index contributed by atoms with van der Waals surface area (Å²) in [4.78, 5) is 21.3. The molecule has 0 aliphatic carbocycles. The fourth-order valence-electron chi connectivity index (χ4n) is 2.79. The molecule has 3 heterocycles. The van der Waals surface area contributed by atoms with Gasteiger partial charge in [0, 0.05) is 50.1 Å². The first-order chi connectivity index (χ1) is 10.2. The number of anilines is 1. The summed E-state index contributed by atoms with van der Waals surface area (Å²) in [5.74, 6) is 1.89. The molecule has 6 nitrogen and oxygen atoms in total. The Bertz CT molecular complexity index is 493. The SMILES string of the molecule is CCc1nsc(N2CCN(C(=O)C(C)C3CNC3)CC2)n1. The van der Waals surface area contributed by atoms with Crippen molar-refractivity contribution in [2.75, 3.05) is 44.2 Å². The second-order valence-corrected chi connectivity index (χ2v) is 6.60. The van der Waals surface area contributed by atoms with Gasteiger partial charge in [-0.15, -0.1) is 0 Å². The monoisotopic (exact) mass is 309 g/mol. The first-order valence-electron chi connectivity index (χ1n) is 7.76. The minimum atomic E-state index is 0.144. The van der Waals surface area contributed by atoms with E-state index in [0.29, 0.717) is 11.8 Å². The van der Waals surface area contributed by atoms with E-state index in [1.807, 2.05) is 4.90 Å². The Kier molecular flexibility index (Phi) is 4.40. The molecule has 1 unspecified atom stereocenters. The van der Waals surface area contributed by atoms with Gasteiger partial charge in [0.25, 0.3) is 0 Å². The summed E-state index contributed by atoms with van der Waals surface area (Å²) in [5, 5.41) is 4.24. The summed E-state index contributed by atoms with van der Waals surface area (Å²) in [5.41, 5.74) is 0. The average molecular weight is 309 g/mol. The lowest BCUT2D eigenvalue weighted by molar-refractivity contribution is -0.137. The third kappa shape index (κ3) is 3.03. The minimum absolute atomic E-state index is 0.144. The second-order valence-electron chi connectivity index (χ2n) is 5.87. The summed E-state index contributed by atoms with van der Waals surface area (Å²) < 4.78 is 4.34. The van der Waals surface area contributed by atoms with Crippen LogP contribution in [0, 0.1) is 11.8 Å². The van der Waals surface area contributed by atoms with Crippen LogP contribution >= 0.6 is 11.5 Å². The van der Waals surface area contributed by atoms with Crippen molar-refractivity contribution in [1.82, 2.24) is 19.6 Å². The maximum absolute atomic E-state index is 12.5. The second kappa shape index (κ2) is 6.27. The maximum Gasteiger partial charge on any atom is 0.225 e. The number of hydrogen-bond acceptors (Lipinski definition) is 6. The van der Waals surface area contributed by atoms with Gasteiger partial charge in [0.2, 0.25) is 11.0 Å². The van der Waals surface area contributed by atoms with Crippen molar-refractivity contribution in [1.29, 1.82) is 0 Å². The fourth-order valence-corrected chi connectivity index (χ4v) is 3.59. The molecule has 0 saturated carbocycles. The van der Waals surface area contributed by atoms with Crippen molar-refractivity contribution in [2.45, 2.75) is 20.3 Å². The summed E-state index contributed by atoms with van der Waals surface area (Å²) in [7, 11) is 0. The zero-order chi connectivity index (χ0) is 14.8. The van der Waals surface area contributed by atoms with Crippen molar-refractivity contribution in [3.05, 3.63) is 5.82 Å². The van der Waals surface area contributed by atoms with Crippen LogP contribution in [0.3, 0.4) is 0 Å². The first-order valence-corrected chi connectivity index (χ1v) is 8.53. The maximum atomic E-state index is 12.5. The molecule has 0 radical (unpaired) electrons. The van der Waals surface area contributed by atoms with Gasteiger partial charge in [-0.25, -0.2) is 4.98 Å². The standard InChI is InChI=1S/C14H23N5OS/c1-3-12-16-14(21-17-12)19-6-4-18(5-7-19)13(20)10(2)11-8-15-9-11/h10-11,15H,3-9H2,1-2H3. The van der Waals surface area contributed by atoms with Crippen molar-refractivity contribution < 1.29 is 4.79 Å². The summed E-state index contributed by atoms with van der Waals surface area (Å²) in [6.07, 6.45) is 0.877. The molecule has 1 atom stereocenters. The zero-order valence-electron chi connectivity index (χ0n) is 12.7. The van der Waals surface area contributed by atoms with Crippen LogP contribution in [0.25, 0.3) is 0 Å². The third-order valence-electron chi connectivity index (χ3n) is 4.55. The van der Waals surface area contributed by atoms with Crippen LogP contribution in [0.15, 0.2) is 0 Å². The van der Waals surface area contributed by atoms with E-state index < -0.39 is 0 Å². The van der Waals surface area contributed by atoms with Gasteiger partial charge in [0.15, 0.2) is 0 Å². The molecular weight excluding hydrogens is 286 g/mol. The summed E-state index contributed by atoms with van der Waals surface area (Å²) >= 11 is 1.47. The molecular formula is C14H23N5OS. The zero-order valence-corrected chi connectivity index (χ0v) is 13.5. The predicted molar refractivity (Wildman–Crippen MR) is 83.6 cm³/mol. The third-order valence-corrected chi connectivity index (χ3v) is 5.36. The Labute approximate surface area is 129 Å².